The Morgan fingerprint density at radius 1 is 1.19 bits per heavy atom. The van der Waals surface area contributed by atoms with Crippen LogP contribution in [-0.2, 0) is 11.0 Å². The Labute approximate surface area is 101 Å². The topological polar surface area (TPSA) is 46.2 Å². The normalized spacial score (nSPS) is 15.0. The van der Waals surface area contributed by atoms with Gasteiger partial charge in [-0.2, -0.15) is 13.2 Å². The van der Waals surface area contributed by atoms with Gasteiger partial charge in [-0.3, -0.25) is 9.59 Å². The summed E-state index contributed by atoms with van der Waals surface area (Å²) in [7, 11) is 0. The Bertz CT molecular complexity index is 510. The van der Waals surface area contributed by atoms with Gasteiger partial charge in [-0.05, 0) is 34.7 Å². The lowest BCUT2D eigenvalue weighted by molar-refractivity contribution is -0.137. The third kappa shape index (κ3) is 1.58. The zero-order valence-corrected chi connectivity index (χ0v) is 9.64. The van der Waals surface area contributed by atoms with Crippen LogP contribution in [0, 0.1) is 3.57 Å². The molecular weight excluding hydrogens is 338 g/mol. The first-order valence-electron chi connectivity index (χ1n) is 4.07. The zero-order chi connectivity index (χ0) is 12.1. The number of hydrogen-bond acceptors (Lipinski definition) is 2. The number of carbonyl (C=O) groups is 2. The SMILES string of the molecule is O=C1Nc2c(I)ccc(C(F)(F)F)c2C1=O. The number of hydrogen-bond donors (Lipinski definition) is 1. The van der Waals surface area contributed by atoms with Crippen LogP contribution in [0.3, 0.4) is 0 Å². The number of anilines is 1. The van der Waals surface area contributed by atoms with Crippen LogP contribution < -0.4 is 5.32 Å². The van der Waals surface area contributed by atoms with E-state index in [2.05, 4.69) is 5.32 Å². The molecule has 0 spiro atoms. The molecule has 1 aromatic carbocycles. The highest BCUT2D eigenvalue weighted by Gasteiger charge is 2.41. The summed E-state index contributed by atoms with van der Waals surface area (Å²) < 4.78 is 38.1. The minimum Gasteiger partial charge on any atom is -0.317 e. The van der Waals surface area contributed by atoms with Crippen LogP contribution in [-0.4, -0.2) is 11.7 Å². The third-order valence-electron chi connectivity index (χ3n) is 2.13. The highest BCUT2D eigenvalue weighted by atomic mass is 127. The highest BCUT2D eigenvalue weighted by Crippen LogP contribution is 2.39. The number of nitrogens with one attached hydrogen (secondary N) is 1. The van der Waals surface area contributed by atoms with Gasteiger partial charge >= 0.3 is 6.18 Å². The van der Waals surface area contributed by atoms with Crippen molar-refractivity contribution in [1.29, 1.82) is 0 Å². The fraction of sp³-hybridized carbons (Fsp3) is 0.111. The lowest BCUT2D eigenvalue weighted by atomic mass is 10.0. The van der Waals surface area contributed by atoms with Crippen molar-refractivity contribution in [3.05, 3.63) is 26.8 Å². The number of rotatable bonds is 0. The summed E-state index contributed by atoms with van der Waals surface area (Å²) in [5.41, 5.74) is -1.71. The van der Waals surface area contributed by atoms with Crippen molar-refractivity contribution in [3.63, 3.8) is 0 Å². The van der Waals surface area contributed by atoms with Crippen LogP contribution in [0.1, 0.15) is 15.9 Å². The van der Waals surface area contributed by atoms with E-state index in [0.29, 0.717) is 3.57 Å². The maximum absolute atomic E-state index is 12.6. The lowest BCUT2D eigenvalue weighted by Crippen LogP contribution is -2.15. The molecule has 1 N–H and O–H groups in total. The smallest absolute Gasteiger partial charge is 0.317 e. The zero-order valence-electron chi connectivity index (χ0n) is 7.48. The first-order valence-corrected chi connectivity index (χ1v) is 5.15. The predicted octanol–water partition coefficient (Wildman–Crippen LogP) is 2.44. The molecule has 0 saturated heterocycles. The van der Waals surface area contributed by atoms with Crippen molar-refractivity contribution in [2.24, 2.45) is 0 Å². The molecule has 16 heavy (non-hydrogen) atoms. The Kier molecular flexibility index (Phi) is 2.44. The largest absolute Gasteiger partial charge is 0.417 e. The van der Waals surface area contributed by atoms with Gasteiger partial charge in [0.05, 0.1) is 16.8 Å². The molecule has 0 fully saturated rings. The van der Waals surface area contributed by atoms with E-state index in [1.807, 2.05) is 0 Å². The van der Waals surface area contributed by atoms with Crippen LogP contribution in [0.5, 0.6) is 0 Å². The van der Waals surface area contributed by atoms with Gasteiger partial charge in [0.25, 0.3) is 11.7 Å². The molecule has 0 unspecified atom stereocenters. The molecule has 0 aromatic heterocycles. The number of amides is 1. The maximum Gasteiger partial charge on any atom is 0.417 e. The molecule has 0 radical (unpaired) electrons. The van der Waals surface area contributed by atoms with Crippen molar-refractivity contribution in [3.8, 4) is 0 Å². The van der Waals surface area contributed by atoms with Gasteiger partial charge in [0.1, 0.15) is 0 Å². The fourth-order valence-corrected chi connectivity index (χ4v) is 2.04. The van der Waals surface area contributed by atoms with Crippen molar-refractivity contribution in [2.75, 3.05) is 5.32 Å². The Hall–Kier alpha value is -1.12. The van der Waals surface area contributed by atoms with E-state index >= 15 is 0 Å². The van der Waals surface area contributed by atoms with Crippen molar-refractivity contribution in [2.45, 2.75) is 6.18 Å². The summed E-state index contributed by atoms with van der Waals surface area (Å²) >= 11 is 1.76. The van der Waals surface area contributed by atoms with Gasteiger partial charge in [0.2, 0.25) is 0 Å². The fourth-order valence-electron chi connectivity index (χ4n) is 1.46. The van der Waals surface area contributed by atoms with E-state index in [-0.39, 0.29) is 5.69 Å². The van der Waals surface area contributed by atoms with Gasteiger partial charge in [0, 0.05) is 3.57 Å². The maximum atomic E-state index is 12.6. The summed E-state index contributed by atoms with van der Waals surface area (Å²) in [6.45, 7) is 0. The van der Waals surface area contributed by atoms with E-state index in [1.165, 1.54) is 6.07 Å². The van der Waals surface area contributed by atoms with E-state index in [1.54, 1.807) is 22.6 Å². The summed E-state index contributed by atoms with van der Waals surface area (Å²) in [6, 6.07) is 2.01. The molecule has 1 amide bonds. The summed E-state index contributed by atoms with van der Waals surface area (Å²) in [4.78, 5) is 22.3. The summed E-state index contributed by atoms with van der Waals surface area (Å²) in [6.07, 6.45) is -4.64. The van der Waals surface area contributed by atoms with E-state index < -0.39 is 29.0 Å². The molecule has 2 rings (SSSR count). The molecule has 1 aromatic rings. The van der Waals surface area contributed by atoms with Gasteiger partial charge in [-0.1, -0.05) is 0 Å². The number of ketones is 1. The Morgan fingerprint density at radius 3 is 2.38 bits per heavy atom. The Morgan fingerprint density at radius 2 is 1.81 bits per heavy atom. The van der Waals surface area contributed by atoms with Crippen LogP contribution in [0.25, 0.3) is 0 Å². The minimum atomic E-state index is -4.64. The van der Waals surface area contributed by atoms with Crippen molar-refractivity contribution < 1.29 is 22.8 Å². The second-order valence-electron chi connectivity index (χ2n) is 3.13. The van der Waals surface area contributed by atoms with Crippen molar-refractivity contribution >= 4 is 40.0 Å². The predicted molar refractivity (Wildman–Crippen MR) is 57.1 cm³/mol. The van der Waals surface area contributed by atoms with Crippen LogP contribution in [0.2, 0.25) is 0 Å². The quantitative estimate of drug-likeness (QED) is 0.582. The molecule has 1 aliphatic rings. The summed E-state index contributed by atoms with van der Waals surface area (Å²) in [5, 5.41) is 2.13. The monoisotopic (exact) mass is 341 g/mol. The lowest BCUT2D eigenvalue weighted by Gasteiger charge is -2.10. The second kappa shape index (κ2) is 3.44. The average Bonchev–Trinajstić information content (AvgIpc) is 2.44. The molecule has 7 heteroatoms. The number of carbonyl (C=O) groups excluding carboxylic acids is 2. The second-order valence-corrected chi connectivity index (χ2v) is 4.29. The van der Waals surface area contributed by atoms with Crippen LogP contribution >= 0.6 is 22.6 Å². The first-order chi connectivity index (χ1) is 7.32. The third-order valence-corrected chi connectivity index (χ3v) is 3.03. The number of halogens is 4. The average molecular weight is 341 g/mol. The standard InChI is InChI=1S/C9H3F3INO2/c10-9(11,12)3-1-2-4(13)6-5(3)7(15)8(16)14-6/h1-2H,(H,14,15,16). The van der Waals surface area contributed by atoms with Crippen LogP contribution in [0.15, 0.2) is 12.1 Å². The molecule has 0 saturated carbocycles. The van der Waals surface area contributed by atoms with E-state index in [9.17, 15) is 22.8 Å². The number of benzene rings is 1. The number of Topliss-reactive ketones (excluding diaryl/α,β-unsaturated/α-hetero) is 1. The molecule has 0 atom stereocenters. The van der Waals surface area contributed by atoms with Gasteiger partial charge in [-0.25, -0.2) is 0 Å². The van der Waals surface area contributed by atoms with Gasteiger partial charge in [0.15, 0.2) is 0 Å². The first kappa shape index (κ1) is 11.4. The molecule has 0 aliphatic carbocycles. The molecule has 3 nitrogen and oxygen atoms in total. The number of fused-ring (bicyclic) bond motifs is 1. The van der Waals surface area contributed by atoms with Crippen molar-refractivity contribution in [1.82, 2.24) is 0 Å². The minimum absolute atomic E-state index is 0.0505. The molecule has 84 valence electrons. The summed E-state index contributed by atoms with van der Waals surface area (Å²) in [5.74, 6) is -2.16. The van der Waals surface area contributed by atoms with Crippen LogP contribution in [0.4, 0.5) is 18.9 Å². The number of alkyl halides is 3. The highest BCUT2D eigenvalue weighted by molar-refractivity contribution is 14.1. The Balaban J connectivity index is 2.74. The molecule has 1 heterocycles. The molecule has 0 bridgehead atoms. The van der Waals surface area contributed by atoms with Gasteiger partial charge in [-0.15, -0.1) is 0 Å². The molecular formula is C9H3F3INO2. The van der Waals surface area contributed by atoms with E-state index in [4.69, 9.17) is 0 Å². The van der Waals surface area contributed by atoms with E-state index in [0.717, 1.165) is 6.07 Å². The van der Waals surface area contributed by atoms with Gasteiger partial charge < -0.3 is 5.32 Å². The molecule has 1 aliphatic heterocycles.